The molecule has 2 aliphatic rings. The molecule has 1 atom stereocenters. The lowest BCUT2D eigenvalue weighted by atomic mass is 9.96. The van der Waals surface area contributed by atoms with Crippen LogP contribution in [0.2, 0.25) is 0 Å². The van der Waals surface area contributed by atoms with Gasteiger partial charge in [-0.3, -0.25) is 9.59 Å². The lowest BCUT2D eigenvalue weighted by Gasteiger charge is -2.30. The average molecular weight is 374 g/mol. The zero-order chi connectivity index (χ0) is 19.6. The number of nitrogens with zero attached hydrogens (tertiary/aromatic N) is 2. The molecular formula is C20H28N3O4+. The number of carbonyl (C=O) groups is 2. The van der Waals surface area contributed by atoms with E-state index in [2.05, 4.69) is 0 Å². The van der Waals surface area contributed by atoms with Gasteiger partial charge in [0.2, 0.25) is 0 Å². The highest BCUT2D eigenvalue weighted by molar-refractivity contribution is 6.08. The number of ketones is 1. The van der Waals surface area contributed by atoms with Gasteiger partial charge in [-0.05, 0) is 24.6 Å². The first-order valence-electron chi connectivity index (χ1n) is 9.33. The van der Waals surface area contributed by atoms with E-state index in [9.17, 15) is 14.7 Å². The van der Waals surface area contributed by atoms with E-state index in [-0.39, 0.29) is 11.4 Å². The Labute approximate surface area is 159 Å². The van der Waals surface area contributed by atoms with Crippen LogP contribution in [0.15, 0.2) is 35.6 Å². The maximum Gasteiger partial charge on any atom is 0.290 e. The fourth-order valence-corrected chi connectivity index (χ4v) is 3.73. The number of quaternary nitrogens is 1. The minimum absolute atomic E-state index is 0.189. The summed E-state index contributed by atoms with van der Waals surface area (Å²) in [7, 11) is 3.91. The molecule has 1 amide bonds. The molecule has 1 saturated heterocycles. The molecular weight excluding hydrogens is 346 g/mol. The van der Waals surface area contributed by atoms with Crippen molar-refractivity contribution in [2.24, 2.45) is 0 Å². The van der Waals surface area contributed by atoms with Gasteiger partial charge in [0.15, 0.2) is 11.5 Å². The van der Waals surface area contributed by atoms with Crippen molar-refractivity contribution in [3.05, 3.63) is 41.2 Å². The topological polar surface area (TPSA) is 74.5 Å². The van der Waals surface area contributed by atoms with Crippen LogP contribution in [-0.2, 0) is 14.3 Å². The summed E-state index contributed by atoms with van der Waals surface area (Å²) in [6.07, 6.45) is 0. The number of morpholine rings is 1. The van der Waals surface area contributed by atoms with E-state index in [4.69, 9.17) is 4.74 Å². The summed E-state index contributed by atoms with van der Waals surface area (Å²) in [5.41, 5.74) is 2.06. The van der Waals surface area contributed by atoms with E-state index < -0.39 is 17.7 Å². The van der Waals surface area contributed by atoms with Crippen LogP contribution in [0, 0.1) is 0 Å². The number of aliphatic hydroxyl groups is 1. The highest BCUT2D eigenvalue weighted by Gasteiger charge is 2.42. The monoisotopic (exact) mass is 374 g/mol. The normalized spacial score (nSPS) is 21.1. The van der Waals surface area contributed by atoms with Crippen molar-refractivity contribution in [3.63, 3.8) is 0 Å². The predicted octanol–water partition coefficient (Wildman–Crippen LogP) is -0.0479. The van der Waals surface area contributed by atoms with Crippen LogP contribution in [0.25, 0.3) is 0 Å². The molecule has 1 fully saturated rings. The molecule has 0 radical (unpaired) electrons. The van der Waals surface area contributed by atoms with Crippen LogP contribution in [0.3, 0.4) is 0 Å². The van der Waals surface area contributed by atoms with Crippen molar-refractivity contribution >= 4 is 17.4 Å². The molecule has 0 aliphatic carbocycles. The number of benzene rings is 1. The molecule has 0 aromatic heterocycles. The van der Waals surface area contributed by atoms with E-state index >= 15 is 0 Å². The summed E-state index contributed by atoms with van der Waals surface area (Å²) in [5.74, 6) is -1.15. The largest absolute Gasteiger partial charge is 0.503 e. The number of ether oxygens (including phenoxy) is 1. The number of amides is 1. The molecule has 1 unspecified atom stereocenters. The van der Waals surface area contributed by atoms with Gasteiger partial charge in [0.1, 0.15) is 13.1 Å². The second-order valence-corrected chi connectivity index (χ2v) is 7.32. The summed E-state index contributed by atoms with van der Waals surface area (Å²) in [6.45, 7) is 5.90. The van der Waals surface area contributed by atoms with E-state index in [1.165, 1.54) is 11.8 Å². The van der Waals surface area contributed by atoms with Crippen LogP contribution in [0.4, 0.5) is 5.69 Å². The van der Waals surface area contributed by atoms with Gasteiger partial charge in [-0.25, -0.2) is 0 Å². The molecule has 3 rings (SSSR count). The van der Waals surface area contributed by atoms with Crippen molar-refractivity contribution in [2.45, 2.75) is 13.0 Å². The van der Waals surface area contributed by atoms with Gasteiger partial charge in [0, 0.05) is 19.8 Å². The molecule has 146 valence electrons. The predicted molar refractivity (Wildman–Crippen MR) is 102 cm³/mol. The van der Waals surface area contributed by atoms with Gasteiger partial charge in [-0.1, -0.05) is 12.1 Å². The molecule has 7 heteroatoms. The van der Waals surface area contributed by atoms with Gasteiger partial charge >= 0.3 is 0 Å². The second-order valence-electron chi connectivity index (χ2n) is 7.32. The molecule has 2 N–H and O–H groups in total. The van der Waals surface area contributed by atoms with Crippen molar-refractivity contribution in [3.8, 4) is 0 Å². The number of carbonyl (C=O) groups excluding carboxylic acids is 2. The lowest BCUT2D eigenvalue weighted by molar-refractivity contribution is -0.907. The summed E-state index contributed by atoms with van der Waals surface area (Å²) in [5, 5.41) is 10.3. The summed E-state index contributed by atoms with van der Waals surface area (Å²) in [6, 6.07) is 7.22. The molecule has 2 aliphatic heterocycles. The van der Waals surface area contributed by atoms with E-state index in [0.29, 0.717) is 6.54 Å². The summed E-state index contributed by atoms with van der Waals surface area (Å²) in [4.78, 5) is 29.8. The highest BCUT2D eigenvalue weighted by Crippen LogP contribution is 2.37. The molecule has 27 heavy (non-hydrogen) atoms. The Morgan fingerprint density at radius 2 is 1.89 bits per heavy atom. The first kappa shape index (κ1) is 19.4. The molecule has 0 spiro atoms. The Morgan fingerprint density at radius 3 is 2.44 bits per heavy atom. The van der Waals surface area contributed by atoms with Gasteiger partial charge in [-0.2, -0.15) is 0 Å². The van der Waals surface area contributed by atoms with Gasteiger partial charge in [0.25, 0.3) is 5.91 Å². The Kier molecular flexibility index (Phi) is 5.82. The van der Waals surface area contributed by atoms with E-state index in [1.54, 1.807) is 4.90 Å². The Hall–Kier alpha value is -2.38. The minimum Gasteiger partial charge on any atom is -0.503 e. The third-order valence-corrected chi connectivity index (χ3v) is 5.31. The van der Waals surface area contributed by atoms with Gasteiger partial charge in [0.05, 0.1) is 37.9 Å². The Balaban J connectivity index is 1.86. The van der Waals surface area contributed by atoms with Gasteiger partial charge < -0.3 is 24.5 Å². The maximum absolute atomic E-state index is 12.7. The Morgan fingerprint density at radius 1 is 1.26 bits per heavy atom. The smallest absolute Gasteiger partial charge is 0.290 e. The first-order chi connectivity index (χ1) is 12.9. The van der Waals surface area contributed by atoms with Crippen LogP contribution >= 0.6 is 0 Å². The van der Waals surface area contributed by atoms with Crippen molar-refractivity contribution < 1.29 is 24.3 Å². The Bertz CT molecular complexity index is 736. The molecule has 2 heterocycles. The summed E-state index contributed by atoms with van der Waals surface area (Å²) < 4.78 is 5.38. The standard InChI is InChI=1S/C20H27N3O4/c1-14(24)17-18(15-4-6-16(7-5-15)21(2)3)23(20(26)19(17)25)9-8-22-10-12-27-13-11-22/h4-7,18,25H,8-13H2,1-3H3/p+1. The second kappa shape index (κ2) is 8.10. The third kappa shape index (κ3) is 3.99. The zero-order valence-corrected chi connectivity index (χ0v) is 16.2. The number of anilines is 1. The number of Topliss-reactive ketones (excluding diaryl/α,β-unsaturated/α-hetero) is 1. The lowest BCUT2D eigenvalue weighted by Crippen LogP contribution is -3.14. The molecule has 7 nitrogen and oxygen atoms in total. The molecule has 0 saturated carbocycles. The van der Waals surface area contributed by atoms with E-state index in [0.717, 1.165) is 44.1 Å². The number of hydrogen-bond donors (Lipinski definition) is 2. The fraction of sp³-hybridized carbons (Fsp3) is 0.500. The van der Waals surface area contributed by atoms with Crippen LogP contribution in [0.1, 0.15) is 18.5 Å². The van der Waals surface area contributed by atoms with Crippen LogP contribution < -0.4 is 9.80 Å². The van der Waals surface area contributed by atoms with Crippen molar-refractivity contribution in [2.75, 3.05) is 58.4 Å². The maximum atomic E-state index is 12.7. The molecule has 0 bridgehead atoms. The summed E-state index contributed by atoms with van der Waals surface area (Å²) >= 11 is 0. The average Bonchev–Trinajstić information content (AvgIpc) is 2.92. The fourth-order valence-electron chi connectivity index (χ4n) is 3.73. The quantitative estimate of drug-likeness (QED) is 0.731. The van der Waals surface area contributed by atoms with E-state index in [1.807, 2.05) is 43.3 Å². The van der Waals surface area contributed by atoms with Crippen molar-refractivity contribution in [1.29, 1.82) is 0 Å². The number of hydrogen-bond acceptors (Lipinski definition) is 5. The molecule has 1 aromatic carbocycles. The highest BCUT2D eigenvalue weighted by atomic mass is 16.5. The third-order valence-electron chi connectivity index (χ3n) is 5.31. The van der Waals surface area contributed by atoms with Gasteiger partial charge in [-0.15, -0.1) is 0 Å². The molecule has 1 aromatic rings. The number of aliphatic hydroxyl groups excluding tert-OH is 1. The number of nitrogens with one attached hydrogen (secondary N) is 1. The minimum atomic E-state index is -0.536. The number of rotatable bonds is 6. The SMILES string of the molecule is CC(=O)C1=C(O)C(=O)N(CC[NH+]2CCOCC2)C1c1ccc(N(C)C)cc1. The van der Waals surface area contributed by atoms with Crippen molar-refractivity contribution in [1.82, 2.24) is 4.90 Å². The first-order valence-corrected chi connectivity index (χ1v) is 9.33. The van der Waals surface area contributed by atoms with Crippen LogP contribution in [0.5, 0.6) is 0 Å². The van der Waals surface area contributed by atoms with Crippen LogP contribution in [-0.4, -0.2) is 75.2 Å². The zero-order valence-electron chi connectivity index (χ0n) is 16.2.